The number of nitriles is 1. The first-order chi connectivity index (χ1) is 38.8. The fourth-order valence-electron chi connectivity index (χ4n) is 9.96. The number of carboxylic acid groups (broad SMARTS) is 1. The van der Waals surface area contributed by atoms with E-state index >= 15 is 0 Å². The van der Waals surface area contributed by atoms with E-state index in [0.717, 1.165) is 126 Å². The molecule has 3 aromatic heterocycles. The summed E-state index contributed by atoms with van der Waals surface area (Å²) in [5.74, 6) is 0.649. The summed E-state index contributed by atoms with van der Waals surface area (Å²) in [6.07, 6.45) is 22.3. The Morgan fingerprint density at radius 2 is 0.899 bits per heavy atom. The molecule has 0 aliphatic carbocycles. The number of aliphatic carboxylic acids is 1. The van der Waals surface area contributed by atoms with Crippen LogP contribution in [0.2, 0.25) is 0 Å². The second-order valence-electron chi connectivity index (χ2n) is 20.6. The van der Waals surface area contributed by atoms with Gasteiger partial charge >= 0.3 is 318 Å². The third-order valence-corrected chi connectivity index (χ3v) is 19.9. The van der Waals surface area contributed by atoms with Gasteiger partial charge in [0, 0.05) is 0 Å². The predicted octanol–water partition coefficient (Wildman–Crippen LogP) is 20.8. The smallest absolute Gasteiger partial charge is 0.0507 e. The fourth-order valence-corrected chi connectivity index (χ4v) is 14.9. The number of thiophene rings is 2. The molecule has 0 radical (unpaired) electrons. The summed E-state index contributed by atoms with van der Waals surface area (Å²) >= 11 is 3.60. The van der Waals surface area contributed by atoms with Crippen LogP contribution in [-0.4, -0.2) is 38.8 Å². The first-order valence-corrected chi connectivity index (χ1v) is 32.4. The van der Waals surface area contributed by atoms with Gasteiger partial charge in [-0.1, -0.05) is 76.6 Å². The van der Waals surface area contributed by atoms with Crippen molar-refractivity contribution in [1.82, 2.24) is 0 Å². The SMILES string of the molecule is CCCCCCOc1ccc(-c2ccc(N(c3ccc(-c4ccc(OCCCCCC)cc4)cc3)c3ccc(-c4sc(-c5ccc(-c6cc(CCCCCC)c(/C=C(\C#N)C(=O)O)s6)[se]5)cc4CCCCCC)cc3)cc2)cc1. The van der Waals surface area contributed by atoms with Gasteiger partial charge in [0.25, 0.3) is 0 Å². The summed E-state index contributed by atoms with van der Waals surface area (Å²) in [6.45, 7) is 10.5. The van der Waals surface area contributed by atoms with Crippen molar-refractivity contribution in [2.45, 2.75) is 143 Å². The molecule has 0 atom stereocenters. The second kappa shape index (κ2) is 30.8. The van der Waals surface area contributed by atoms with Gasteiger partial charge in [0.1, 0.15) is 11.5 Å². The molecule has 5 aromatic carbocycles. The van der Waals surface area contributed by atoms with Crippen LogP contribution < -0.4 is 14.4 Å². The normalized spacial score (nSPS) is 11.5. The molecule has 0 saturated heterocycles. The molecule has 8 rings (SSSR count). The van der Waals surface area contributed by atoms with E-state index in [2.05, 4.69) is 178 Å². The maximum atomic E-state index is 11.9. The first-order valence-electron chi connectivity index (χ1n) is 29.1. The molecule has 0 spiro atoms. The molecular formula is C70H78N2O4S2Se. The van der Waals surface area contributed by atoms with Gasteiger partial charge in [0.2, 0.25) is 0 Å². The predicted molar refractivity (Wildman–Crippen MR) is 337 cm³/mol. The monoisotopic (exact) mass is 1150 g/mol. The van der Waals surface area contributed by atoms with Crippen molar-refractivity contribution in [2.24, 2.45) is 0 Å². The summed E-state index contributed by atoms with van der Waals surface area (Å²) in [5, 5.41) is 19.3. The quantitative estimate of drug-likeness (QED) is 0.0196. The van der Waals surface area contributed by atoms with Crippen LogP contribution in [0.1, 0.15) is 146 Å². The van der Waals surface area contributed by atoms with Gasteiger partial charge in [-0.15, -0.1) is 0 Å². The Balaban J connectivity index is 1.08. The van der Waals surface area contributed by atoms with Crippen molar-refractivity contribution in [1.29, 1.82) is 5.26 Å². The summed E-state index contributed by atoms with van der Waals surface area (Å²) in [6, 6.07) is 55.2. The summed E-state index contributed by atoms with van der Waals surface area (Å²) < 4.78 is 14.8. The molecule has 0 fully saturated rings. The third-order valence-electron chi connectivity index (χ3n) is 14.5. The zero-order valence-corrected chi connectivity index (χ0v) is 50.2. The number of aryl methyl sites for hydroxylation is 2. The van der Waals surface area contributed by atoms with Gasteiger partial charge in [-0.05, 0) is 59.4 Å². The zero-order valence-electron chi connectivity index (χ0n) is 46.9. The van der Waals surface area contributed by atoms with Crippen molar-refractivity contribution >= 4 is 66.3 Å². The number of anilines is 3. The molecule has 0 aliphatic heterocycles. The summed E-state index contributed by atoms with van der Waals surface area (Å²) in [4.78, 5) is 19.0. The van der Waals surface area contributed by atoms with E-state index in [9.17, 15) is 15.2 Å². The van der Waals surface area contributed by atoms with Crippen molar-refractivity contribution in [3.8, 4) is 68.9 Å². The van der Waals surface area contributed by atoms with Gasteiger partial charge in [0.05, 0.1) is 13.2 Å². The van der Waals surface area contributed by atoms with E-state index in [1.165, 1.54) is 98.8 Å². The van der Waals surface area contributed by atoms with E-state index < -0.39 is 5.97 Å². The molecule has 0 bridgehead atoms. The van der Waals surface area contributed by atoms with E-state index in [1.54, 1.807) is 17.4 Å². The van der Waals surface area contributed by atoms with Gasteiger partial charge in [-0.25, -0.2) is 0 Å². The minimum absolute atomic E-state index is 0.0735. The Hall–Kier alpha value is -6.40. The van der Waals surface area contributed by atoms with Crippen molar-refractivity contribution in [3.63, 3.8) is 0 Å². The van der Waals surface area contributed by atoms with Gasteiger partial charge < -0.3 is 9.47 Å². The second-order valence-corrected chi connectivity index (χ2v) is 25.0. The molecule has 8 aromatic rings. The molecule has 0 unspecified atom stereocenters. The number of hydrogen-bond acceptors (Lipinski definition) is 7. The fraction of sp³-hybridized carbons (Fsp3) is 0.343. The van der Waals surface area contributed by atoms with Crippen molar-refractivity contribution < 1.29 is 19.4 Å². The average Bonchev–Trinajstić information content (AvgIpc) is 4.30. The van der Waals surface area contributed by atoms with E-state index in [1.807, 2.05) is 17.4 Å². The number of nitrogens with zero attached hydrogens (tertiary/aromatic N) is 2. The van der Waals surface area contributed by atoms with Crippen LogP contribution in [0.15, 0.2) is 151 Å². The van der Waals surface area contributed by atoms with Gasteiger partial charge in [0.15, 0.2) is 0 Å². The standard InChI is InChI=1S/C70H78N2O4S2Se/c1-5-9-13-17-21-56-47-65(77-64(56)49-58(50-71)70(73)74)67-43-44-68(79-67)66-48-57(22-18-14-10-6-2)69(78-66)55-27-37-61(38-28-55)72(59-33-23-51(24-34-59)53-29-39-62(40-30-53)75-45-19-15-11-7-3)60-35-25-52(26-36-60)54-31-41-63(42-32-54)76-46-20-16-12-8-4/h23-44,47-49H,5-22,45-46H2,1-4H3,(H,73,74)/b58-49+. The van der Waals surface area contributed by atoms with E-state index in [4.69, 9.17) is 9.47 Å². The topological polar surface area (TPSA) is 82.8 Å². The number of ether oxygens (including phenoxy) is 2. The molecule has 0 amide bonds. The van der Waals surface area contributed by atoms with E-state index in [0.29, 0.717) is 0 Å². The van der Waals surface area contributed by atoms with Crippen LogP contribution in [0.3, 0.4) is 0 Å². The molecule has 3 heterocycles. The Morgan fingerprint density at radius 1 is 0.506 bits per heavy atom. The first kappa shape index (κ1) is 58.7. The Labute approximate surface area is 485 Å². The minimum atomic E-state index is -1.18. The number of carboxylic acids is 1. The van der Waals surface area contributed by atoms with Gasteiger partial charge in [-0.3, -0.25) is 0 Å². The molecular weight excluding hydrogens is 1080 g/mol. The number of rotatable bonds is 32. The van der Waals surface area contributed by atoms with Crippen LogP contribution >= 0.6 is 22.7 Å². The average molecular weight is 1150 g/mol. The van der Waals surface area contributed by atoms with Crippen LogP contribution in [0.5, 0.6) is 11.5 Å². The molecule has 1 N–H and O–H groups in total. The molecule has 0 saturated carbocycles. The third kappa shape index (κ3) is 16.6. The Morgan fingerprint density at radius 3 is 1.33 bits per heavy atom. The maximum absolute atomic E-state index is 11.9. The number of benzene rings is 5. The molecule has 410 valence electrons. The molecule has 79 heavy (non-hydrogen) atoms. The van der Waals surface area contributed by atoms with Crippen LogP contribution in [0.4, 0.5) is 17.1 Å². The number of carbonyl (C=O) groups is 1. The zero-order chi connectivity index (χ0) is 55.2. The molecule has 9 heteroatoms. The summed E-state index contributed by atoms with van der Waals surface area (Å²) in [7, 11) is 0. The summed E-state index contributed by atoms with van der Waals surface area (Å²) in [5.41, 5.74) is 11.4. The Kier molecular flexibility index (Phi) is 22.9. The van der Waals surface area contributed by atoms with E-state index in [-0.39, 0.29) is 20.1 Å². The van der Waals surface area contributed by atoms with Crippen LogP contribution in [0.25, 0.3) is 57.4 Å². The molecule has 0 aliphatic rings. The number of unbranched alkanes of at least 4 members (excludes halogenated alkanes) is 12. The minimum Gasteiger partial charge on any atom is -0.0507 e. The van der Waals surface area contributed by atoms with Crippen molar-refractivity contribution in [2.75, 3.05) is 18.1 Å². The Bertz CT molecular complexity index is 3090. The van der Waals surface area contributed by atoms with Crippen molar-refractivity contribution in [3.05, 3.63) is 167 Å². The van der Waals surface area contributed by atoms with Gasteiger partial charge in [-0.2, -0.15) is 0 Å². The van der Waals surface area contributed by atoms with Crippen LogP contribution in [-0.2, 0) is 17.6 Å². The van der Waals surface area contributed by atoms with Crippen LogP contribution in [0, 0.1) is 11.3 Å². The molecule has 6 nitrogen and oxygen atoms in total. The number of hydrogen-bond donors (Lipinski definition) is 1.